The number of thiazole rings is 1. The Labute approximate surface area is 134 Å². The van der Waals surface area contributed by atoms with Crippen molar-refractivity contribution >= 4 is 17.2 Å². The lowest BCUT2D eigenvalue weighted by Gasteiger charge is -2.12. The molecular formula is C17H20N2O2S. The summed E-state index contributed by atoms with van der Waals surface area (Å²) in [6.45, 7) is 2.78. The topological polar surface area (TPSA) is 62.2 Å². The molecule has 1 aliphatic carbocycles. The number of hydrogen-bond donors (Lipinski definition) is 2. The van der Waals surface area contributed by atoms with Gasteiger partial charge in [-0.2, -0.15) is 0 Å². The smallest absolute Gasteiger partial charge is 0.226 e. The van der Waals surface area contributed by atoms with Gasteiger partial charge in [-0.15, -0.1) is 11.3 Å². The van der Waals surface area contributed by atoms with Gasteiger partial charge in [0, 0.05) is 22.9 Å². The van der Waals surface area contributed by atoms with Crippen molar-refractivity contribution in [1.29, 1.82) is 0 Å². The van der Waals surface area contributed by atoms with E-state index in [0.717, 1.165) is 29.1 Å². The zero-order chi connectivity index (χ0) is 15.6. The van der Waals surface area contributed by atoms with Crippen LogP contribution in [-0.2, 0) is 11.2 Å². The molecule has 116 valence electrons. The number of aliphatic hydroxyl groups is 1. The third-order valence-corrected chi connectivity index (χ3v) is 5.09. The summed E-state index contributed by atoms with van der Waals surface area (Å²) in [7, 11) is 0. The van der Waals surface area contributed by atoms with E-state index in [1.165, 1.54) is 5.56 Å². The Morgan fingerprint density at radius 1 is 1.36 bits per heavy atom. The van der Waals surface area contributed by atoms with Gasteiger partial charge in [0.1, 0.15) is 5.01 Å². The van der Waals surface area contributed by atoms with Crippen LogP contribution in [0, 0.1) is 12.3 Å². The molecule has 1 heterocycles. The van der Waals surface area contributed by atoms with Crippen LogP contribution in [-0.4, -0.2) is 29.1 Å². The number of nitrogens with one attached hydrogen (secondary N) is 1. The second kappa shape index (κ2) is 6.18. The molecule has 0 bridgehead atoms. The number of rotatable bonds is 6. The molecule has 4 nitrogen and oxygen atoms in total. The second-order valence-electron chi connectivity index (χ2n) is 6.12. The molecule has 0 atom stereocenters. The van der Waals surface area contributed by atoms with Crippen molar-refractivity contribution in [2.45, 2.75) is 26.2 Å². The van der Waals surface area contributed by atoms with E-state index in [1.807, 2.05) is 5.38 Å². The Morgan fingerprint density at radius 2 is 2.09 bits per heavy atom. The van der Waals surface area contributed by atoms with Crippen LogP contribution in [0.3, 0.4) is 0 Å². The van der Waals surface area contributed by atoms with Crippen molar-refractivity contribution in [3.8, 4) is 10.6 Å². The molecule has 1 amide bonds. The molecule has 2 N–H and O–H groups in total. The van der Waals surface area contributed by atoms with Gasteiger partial charge in [-0.1, -0.05) is 29.8 Å². The highest BCUT2D eigenvalue weighted by molar-refractivity contribution is 7.13. The highest BCUT2D eigenvalue weighted by atomic mass is 32.1. The lowest BCUT2D eigenvalue weighted by Crippen LogP contribution is -2.32. The van der Waals surface area contributed by atoms with E-state index in [1.54, 1.807) is 11.3 Å². The minimum Gasteiger partial charge on any atom is -0.396 e. The first-order valence-corrected chi connectivity index (χ1v) is 8.37. The normalized spacial score (nSPS) is 15.5. The van der Waals surface area contributed by atoms with Crippen LogP contribution < -0.4 is 5.32 Å². The summed E-state index contributed by atoms with van der Waals surface area (Å²) in [5.41, 5.74) is 3.05. The Balaban J connectivity index is 1.57. The first-order chi connectivity index (χ1) is 10.6. The van der Waals surface area contributed by atoms with E-state index in [0.29, 0.717) is 13.0 Å². The van der Waals surface area contributed by atoms with E-state index < -0.39 is 0 Å². The Kier molecular flexibility index (Phi) is 4.27. The minimum absolute atomic E-state index is 0.0273. The number of nitrogens with zero attached hydrogens (tertiary/aromatic N) is 1. The number of aryl methyl sites for hydroxylation is 1. The molecule has 22 heavy (non-hydrogen) atoms. The molecule has 0 saturated heterocycles. The number of aliphatic hydroxyl groups excluding tert-OH is 1. The van der Waals surface area contributed by atoms with Crippen LogP contribution in [0.15, 0.2) is 29.6 Å². The van der Waals surface area contributed by atoms with Crippen molar-refractivity contribution in [3.05, 3.63) is 40.9 Å². The van der Waals surface area contributed by atoms with Crippen LogP contribution in [0.2, 0.25) is 0 Å². The van der Waals surface area contributed by atoms with E-state index in [2.05, 4.69) is 41.5 Å². The summed E-state index contributed by atoms with van der Waals surface area (Å²) < 4.78 is 0. The molecule has 0 aliphatic heterocycles. The molecule has 1 aromatic carbocycles. The van der Waals surface area contributed by atoms with Crippen molar-refractivity contribution in [2.75, 3.05) is 13.2 Å². The van der Waals surface area contributed by atoms with Gasteiger partial charge in [-0.25, -0.2) is 4.98 Å². The molecule has 1 aromatic heterocycles. The summed E-state index contributed by atoms with van der Waals surface area (Å²) in [6, 6.07) is 8.23. The fourth-order valence-electron chi connectivity index (χ4n) is 2.30. The van der Waals surface area contributed by atoms with Crippen molar-refractivity contribution in [1.82, 2.24) is 10.3 Å². The van der Waals surface area contributed by atoms with Gasteiger partial charge in [-0.3, -0.25) is 4.79 Å². The summed E-state index contributed by atoms with van der Waals surface area (Å²) in [5, 5.41) is 15.0. The van der Waals surface area contributed by atoms with Crippen molar-refractivity contribution < 1.29 is 9.90 Å². The number of carbonyl (C=O) groups is 1. The highest BCUT2D eigenvalue weighted by Crippen LogP contribution is 2.44. The Bertz CT molecular complexity index is 660. The number of benzene rings is 1. The van der Waals surface area contributed by atoms with Crippen LogP contribution in [0.1, 0.15) is 24.1 Å². The average Bonchev–Trinajstić information content (AvgIpc) is 3.17. The van der Waals surface area contributed by atoms with E-state index in [9.17, 15) is 9.90 Å². The Hall–Kier alpha value is -1.72. The standard InChI is InChI=1S/C17H20N2O2S/c1-12-2-4-13(5-3-12)16-19-14(9-22-16)8-15(21)18-10-17(11-20)6-7-17/h2-5,9,20H,6-8,10-11H2,1H3,(H,18,21). The average molecular weight is 316 g/mol. The maximum atomic E-state index is 12.0. The summed E-state index contributed by atoms with van der Waals surface area (Å²) in [5.74, 6) is -0.0273. The molecule has 0 unspecified atom stereocenters. The third kappa shape index (κ3) is 3.54. The zero-order valence-electron chi connectivity index (χ0n) is 12.6. The number of hydrogen-bond acceptors (Lipinski definition) is 4. The van der Waals surface area contributed by atoms with Crippen LogP contribution in [0.5, 0.6) is 0 Å². The second-order valence-corrected chi connectivity index (χ2v) is 6.98. The van der Waals surface area contributed by atoms with Gasteiger partial charge >= 0.3 is 0 Å². The molecule has 1 saturated carbocycles. The summed E-state index contributed by atoms with van der Waals surface area (Å²) in [6.07, 6.45) is 2.29. The molecule has 0 spiro atoms. The van der Waals surface area contributed by atoms with Crippen LogP contribution >= 0.6 is 11.3 Å². The van der Waals surface area contributed by atoms with Gasteiger partial charge < -0.3 is 10.4 Å². The molecule has 2 aromatic rings. The molecule has 5 heteroatoms. The fourth-order valence-corrected chi connectivity index (χ4v) is 3.12. The summed E-state index contributed by atoms with van der Waals surface area (Å²) >= 11 is 1.56. The van der Waals surface area contributed by atoms with Crippen LogP contribution in [0.25, 0.3) is 10.6 Å². The lowest BCUT2D eigenvalue weighted by molar-refractivity contribution is -0.120. The Morgan fingerprint density at radius 3 is 2.73 bits per heavy atom. The predicted octanol–water partition coefficient (Wildman–Crippen LogP) is 2.55. The van der Waals surface area contributed by atoms with E-state index in [4.69, 9.17) is 0 Å². The van der Waals surface area contributed by atoms with Gasteiger partial charge in [0.2, 0.25) is 5.91 Å². The number of carbonyl (C=O) groups excluding carboxylic acids is 1. The molecule has 0 radical (unpaired) electrons. The minimum atomic E-state index is -0.0508. The molecule has 1 fully saturated rings. The van der Waals surface area contributed by atoms with E-state index in [-0.39, 0.29) is 17.9 Å². The maximum absolute atomic E-state index is 12.0. The van der Waals surface area contributed by atoms with E-state index >= 15 is 0 Å². The number of amides is 1. The lowest BCUT2D eigenvalue weighted by atomic mass is 10.1. The fraction of sp³-hybridized carbons (Fsp3) is 0.412. The monoisotopic (exact) mass is 316 g/mol. The highest BCUT2D eigenvalue weighted by Gasteiger charge is 2.42. The first kappa shape index (κ1) is 15.2. The van der Waals surface area contributed by atoms with Crippen molar-refractivity contribution in [2.24, 2.45) is 5.41 Å². The molecule has 1 aliphatic rings. The third-order valence-electron chi connectivity index (χ3n) is 4.15. The predicted molar refractivity (Wildman–Crippen MR) is 87.8 cm³/mol. The first-order valence-electron chi connectivity index (χ1n) is 7.49. The van der Waals surface area contributed by atoms with Crippen molar-refractivity contribution in [3.63, 3.8) is 0 Å². The maximum Gasteiger partial charge on any atom is 0.226 e. The SMILES string of the molecule is Cc1ccc(-c2nc(CC(=O)NCC3(CO)CC3)cs2)cc1. The summed E-state index contributed by atoms with van der Waals surface area (Å²) in [4.78, 5) is 16.5. The van der Waals surface area contributed by atoms with Crippen LogP contribution in [0.4, 0.5) is 0 Å². The van der Waals surface area contributed by atoms with Gasteiger partial charge in [0.25, 0.3) is 0 Å². The van der Waals surface area contributed by atoms with Gasteiger partial charge in [-0.05, 0) is 19.8 Å². The molecular weight excluding hydrogens is 296 g/mol. The van der Waals surface area contributed by atoms with Gasteiger partial charge in [0.15, 0.2) is 0 Å². The molecule has 3 rings (SSSR count). The quantitative estimate of drug-likeness (QED) is 0.861. The van der Waals surface area contributed by atoms with Gasteiger partial charge in [0.05, 0.1) is 18.7 Å². The number of aromatic nitrogens is 1. The zero-order valence-corrected chi connectivity index (χ0v) is 13.4. The largest absolute Gasteiger partial charge is 0.396 e.